The van der Waals surface area contributed by atoms with E-state index in [0.717, 1.165) is 31.3 Å². The summed E-state index contributed by atoms with van der Waals surface area (Å²) in [7, 11) is 0. The zero-order valence-electron chi connectivity index (χ0n) is 11.0. The van der Waals surface area contributed by atoms with E-state index < -0.39 is 0 Å². The molecule has 0 heterocycles. The molecule has 1 nitrogen and oxygen atoms in total. The minimum absolute atomic E-state index is 0.101. The summed E-state index contributed by atoms with van der Waals surface area (Å²) in [6.07, 6.45) is 8.08. The molecule has 1 aromatic rings. The van der Waals surface area contributed by atoms with E-state index in [1.807, 2.05) is 12.1 Å². The quantitative estimate of drug-likeness (QED) is 0.708. The molecule has 2 rings (SSSR count). The van der Waals surface area contributed by atoms with Gasteiger partial charge in [0.1, 0.15) is 0 Å². The van der Waals surface area contributed by atoms with Crippen LogP contribution < -0.4 is 0 Å². The fourth-order valence-electron chi connectivity index (χ4n) is 2.84. The van der Waals surface area contributed by atoms with Crippen LogP contribution >= 0.6 is 0 Å². The highest BCUT2D eigenvalue weighted by Gasteiger charge is 2.33. The SMILES string of the molecule is C=CC[C@@]1(Cc2ccccc2)C=C(C(C)=O)CC1. The third-order valence-electron chi connectivity index (χ3n) is 3.77. The molecule has 1 aliphatic carbocycles. The number of Topliss-reactive ketones (excluding diaryl/α,β-unsaturated/α-hetero) is 1. The van der Waals surface area contributed by atoms with Gasteiger partial charge < -0.3 is 0 Å². The molecule has 1 aromatic carbocycles. The average molecular weight is 240 g/mol. The normalized spacial score (nSPS) is 22.6. The highest BCUT2D eigenvalue weighted by Crippen LogP contribution is 2.42. The summed E-state index contributed by atoms with van der Waals surface area (Å²) in [6, 6.07) is 10.5. The van der Waals surface area contributed by atoms with Gasteiger partial charge in [0, 0.05) is 0 Å². The van der Waals surface area contributed by atoms with Gasteiger partial charge in [-0.3, -0.25) is 4.79 Å². The molecule has 0 aliphatic heterocycles. The largest absolute Gasteiger partial charge is 0.295 e. The van der Waals surface area contributed by atoms with Gasteiger partial charge in [-0.2, -0.15) is 0 Å². The molecular weight excluding hydrogens is 220 g/mol. The lowest BCUT2D eigenvalue weighted by atomic mass is 9.78. The highest BCUT2D eigenvalue weighted by molar-refractivity contribution is 5.93. The van der Waals surface area contributed by atoms with Crippen molar-refractivity contribution in [1.82, 2.24) is 0 Å². The predicted molar refractivity (Wildman–Crippen MR) is 75.4 cm³/mol. The molecule has 18 heavy (non-hydrogen) atoms. The first-order valence-corrected chi connectivity index (χ1v) is 6.53. The van der Waals surface area contributed by atoms with Gasteiger partial charge in [0.05, 0.1) is 0 Å². The van der Waals surface area contributed by atoms with E-state index in [0.29, 0.717) is 0 Å². The molecule has 0 saturated carbocycles. The topological polar surface area (TPSA) is 17.1 Å². The van der Waals surface area contributed by atoms with Gasteiger partial charge in [0.15, 0.2) is 5.78 Å². The zero-order chi connectivity index (χ0) is 13.0. The lowest BCUT2D eigenvalue weighted by Crippen LogP contribution is -2.17. The lowest BCUT2D eigenvalue weighted by molar-refractivity contribution is -0.113. The molecule has 1 atom stereocenters. The summed E-state index contributed by atoms with van der Waals surface area (Å²) in [5.41, 5.74) is 2.43. The fraction of sp³-hybridized carbons (Fsp3) is 0.353. The Morgan fingerprint density at radius 3 is 2.67 bits per heavy atom. The Labute approximate surface area is 109 Å². The van der Waals surface area contributed by atoms with Crippen LogP contribution in [0.3, 0.4) is 0 Å². The van der Waals surface area contributed by atoms with Crippen molar-refractivity contribution in [2.24, 2.45) is 5.41 Å². The van der Waals surface area contributed by atoms with Crippen molar-refractivity contribution in [2.45, 2.75) is 32.6 Å². The number of carbonyl (C=O) groups is 1. The van der Waals surface area contributed by atoms with Crippen molar-refractivity contribution in [3.8, 4) is 0 Å². The summed E-state index contributed by atoms with van der Waals surface area (Å²) in [5, 5.41) is 0. The van der Waals surface area contributed by atoms with Crippen LogP contribution in [0.15, 0.2) is 54.6 Å². The van der Waals surface area contributed by atoms with Crippen LogP contribution in [0.5, 0.6) is 0 Å². The first-order valence-electron chi connectivity index (χ1n) is 6.53. The molecule has 0 unspecified atom stereocenters. The second-order valence-corrected chi connectivity index (χ2v) is 5.24. The Morgan fingerprint density at radius 1 is 1.39 bits per heavy atom. The van der Waals surface area contributed by atoms with Gasteiger partial charge >= 0.3 is 0 Å². The lowest BCUT2D eigenvalue weighted by Gasteiger charge is -2.26. The minimum atomic E-state index is 0.101. The number of benzene rings is 1. The van der Waals surface area contributed by atoms with Crippen LogP contribution in [0.1, 0.15) is 31.7 Å². The van der Waals surface area contributed by atoms with Gasteiger partial charge in [0.2, 0.25) is 0 Å². The third kappa shape index (κ3) is 2.79. The van der Waals surface area contributed by atoms with E-state index in [2.05, 4.69) is 36.9 Å². The molecular formula is C17H20O. The van der Waals surface area contributed by atoms with Crippen molar-refractivity contribution in [1.29, 1.82) is 0 Å². The monoisotopic (exact) mass is 240 g/mol. The van der Waals surface area contributed by atoms with Crippen LogP contribution in [0.4, 0.5) is 0 Å². The van der Waals surface area contributed by atoms with E-state index >= 15 is 0 Å². The number of allylic oxidation sites excluding steroid dienone is 3. The Kier molecular flexibility index (Phi) is 3.81. The maximum atomic E-state index is 11.5. The van der Waals surface area contributed by atoms with Crippen molar-refractivity contribution in [2.75, 3.05) is 0 Å². The van der Waals surface area contributed by atoms with Crippen molar-refractivity contribution < 1.29 is 4.79 Å². The van der Waals surface area contributed by atoms with Gasteiger partial charge in [-0.15, -0.1) is 6.58 Å². The molecule has 1 aliphatic rings. The summed E-state index contributed by atoms with van der Waals surface area (Å²) in [6.45, 7) is 5.53. The molecule has 0 amide bonds. The second-order valence-electron chi connectivity index (χ2n) is 5.24. The zero-order valence-corrected chi connectivity index (χ0v) is 11.0. The molecule has 0 N–H and O–H groups in total. The minimum Gasteiger partial charge on any atom is -0.295 e. The second kappa shape index (κ2) is 5.34. The van der Waals surface area contributed by atoms with E-state index in [4.69, 9.17) is 0 Å². The Balaban J connectivity index is 2.24. The van der Waals surface area contributed by atoms with E-state index in [9.17, 15) is 4.79 Å². The van der Waals surface area contributed by atoms with Crippen LogP contribution in [-0.2, 0) is 11.2 Å². The standard InChI is InChI=1S/C17H20O/c1-3-10-17(11-9-16(13-17)14(2)18)12-15-7-5-4-6-8-15/h3-8,13H,1,9-12H2,2H3/t17-/m1/s1. The average Bonchev–Trinajstić information content (AvgIpc) is 2.75. The van der Waals surface area contributed by atoms with Crippen molar-refractivity contribution >= 4 is 5.78 Å². The molecule has 94 valence electrons. The smallest absolute Gasteiger partial charge is 0.155 e. The number of rotatable bonds is 5. The van der Waals surface area contributed by atoms with E-state index in [1.54, 1.807) is 6.92 Å². The van der Waals surface area contributed by atoms with Crippen LogP contribution in [0.2, 0.25) is 0 Å². The van der Waals surface area contributed by atoms with Gasteiger partial charge in [-0.05, 0) is 49.2 Å². The summed E-state index contributed by atoms with van der Waals surface area (Å²) in [4.78, 5) is 11.5. The Hall–Kier alpha value is -1.63. The van der Waals surface area contributed by atoms with Crippen LogP contribution in [0.25, 0.3) is 0 Å². The molecule has 0 bridgehead atoms. The van der Waals surface area contributed by atoms with Crippen molar-refractivity contribution in [3.63, 3.8) is 0 Å². The Bertz CT molecular complexity index is 470. The van der Waals surface area contributed by atoms with Crippen LogP contribution in [0, 0.1) is 5.41 Å². The third-order valence-corrected chi connectivity index (χ3v) is 3.77. The highest BCUT2D eigenvalue weighted by atomic mass is 16.1. The molecule has 0 fully saturated rings. The first kappa shape index (κ1) is 12.8. The molecule has 0 saturated heterocycles. The fourth-order valence-corrected chi connectivity index (χ4v) is 2.84. The maximum Gasteiger partial charge on any atom is 0.155 e. The molecule has 0 radical (unpaired) electrons. The van der Waals surface area contributed by atoms with Gasteiger partial charge in [0.25, 0.3) is 0 Å². The summed E-state index contributed by atoms with van der Waals surface area (Å²) >= 11 is 0. The van der Waals surface area contributed by atoms with Gasteiger partial charge in [-0.1, -0.05) is 42.5 Å². The molecule has 0 aromatic heterocycles. The van der Waals surface area contributed by atoms with Crippen LogP contribution in [-0.4, -0.2) is 5.78 Å². The number of hydrogen-bond donors (Lipinski definition) is 0. The van der Waals surface area contributed by atoms with Gasteiger partial charge in [-0.25, -0.2) is 0 Å². The predicted octanol–water partition coefficient (Wildman–Crippen LogP) is 4.10. The number of carbonyl (C=O) groups excluding carboxylic acids is 1. The maximum absolute atomic E-state index is 11.5. The molecule has 1 heteroatoms. The number of hydrogen-bond acceptors (Lipinski definition) is 1. The van der Waals surface area contributed by atoms with Crippen molar-refractivity contribution in [3.05, 3.63) is 60.2 Å². The molecule has 0 spiro atoms. The Morgan fingerprint density at radius 2 is 2.11 bits per heavy atom. The first-order chi connectivity index (χ1) is 8.65. The summed E-state index contributed by atoms with van der Waals surface area (Å²) in [5.74, 6) is 0.217. The van der Waals surface area contributed by atoms with E-state index in [-0.39, 0.29) is 11.2 Å². The van der Waals surface area contributed by atoms with E-state index in [1.165, 1.54) is 5.56 Å². The number of ketones is 1. The summed E-state index contributed by atoms with van der Waals surface area (Å²) < 4.78 is 0.